The molecule has 0 unspecified atom stereocenters. The molecule has 1 aliphatic rings. The molecular formula is C14H21NO2. The van der Waals surface area contributed by atoms with Crippen LogP contribution in [0.1, 0.15) is 31.7 Å². The molecule has 0 spiro atoms. The summed E-state index contributed by atoms with van der Waals surface area (Å²) in [5, 5.41) is 0. The van der Waals surface area contributed by atoms with Gasteiger partial charge < -0.3 is 15.2 Å². The largest absolute Gasteiger partial charge is 0.493 e. The molecule has 1 aromatic carbocycles. The van der Waals surface area contributed by atoms with Crippen molar-refractivity contribution in [3.8, 4) is 11.5 Å². The molecule has 3 heteroatoms. The Morgan fingerprint density at radius 3 is 2.53 bits per heavy atom. The van der Waals surface area contributed by atoms with Crippen molar-refractivity contribution in [1.82, 2.24) is 0 Å². The average Bonchev–Trinajstić information content (AvgIpc) is 2.29. The van der Waals surface area contributed by atoms with E-state index >= 15 is 0 Å². The van der Waals surface area contributed by atoms with E-state index in [0.717, 1.165) is 11.5 Å². The Balaban J connectivity index is 2.32. The maximum Gasteiger partial charge on any atom is 0.161 e. The highest BCUT2D eigenvalue weighted by atomic mass is 16.5. The van der Waals surface area contributed by atoms with Gasteiger partial charge in [-0.1, -0.05) is 12.5 Å². The number of ether oxygens (including phenoxy) is 2. The summed E-state index contributed by atoms with van der Waals surface area (Å²) >= 11 is 0. The molecule has 3 nitrogen and oxygen atoms in total. The minimum absolute atomic E-state index is 0.179. The monoisotopic (exact) mass is 235 g/mol. The van der Waals surface area contributed by atoms with Gasteiger partial charge in [0.1, 0.15) is 0 Å². The fourth-order valence-corrected chi connectivity index (χ4v) is 2.49. The number of hydrogen-bond acceptors (Lipinski definition) is 3. The van der Waals surface area contributed by atoms with Crippen molar-refractivity contribution < 1.29 is 9.47 Å². The van der Waals surface area contributed by atoms with Gasteiger partial charge in [0.05, 0.1) is 13.7 Å². The van der Waals surface area contributed by atoms with Crippen LogP contribution < -0.4 is 15.2 Å². The number of benzene rings is 1. The molecule has 0 amide bonds. The molecule has 2 rings (SSSR count). The number of nitrogens with two attached hydrogens (primary N) is 1. The van der Waals surface area contributed by atoms with Crippen LogP contribution in [0.25, 0.3) is 0 Å². The first-order valence-corrected chi connectivity index (χ1v) is 6.27. The summed E-state index contributed by atoms with van der Waals surface area (Å²) in [6.07, 6.45) is 3.63. The summed E-state index contributed by atoms with van der Waals surface area (Å²) in [6, 6.07) is 6.19. The minimum Gasteiger partial charge on any atom is -0.493 e. The lowest BCUT2D eigenvalue weighted by Gasteiger charge is -2.41. The molecule has 1 aromatic rings. The second-order valence-electron chi connectivity index (χ2n) is 4.64. The van der Waals surface area contributed by atoms with Crippen molar-refractivity contribution in [2.75, 3.05) is 20.3 Å². The zero-order chi connectivity index (χ0) is 12.3. The highest BCUT2D eigenvalue weighted by Crippen LogP contribution is 2.45. The van der Waals surface area contributed by atoms with Crippen LogP contribution in [0.15, 0.2) is 18.2 Å². The maximum atomic E-state index is 5.92. The lowest BCUT2D eigenvalue weighted by atomic mass is 9.64. The van der Waals surface area contributed by atoms with Crippen LogP contribution >= 0.6 is 0 Å². The molecule has 1 aliphatic carbocycles. The van der Waals surface area contributed by atoms with Gasteiger partial charge >= 0.3 is 0 Å². The molecule has 0 radical (unpaired) electrons. The molecule has 1 saturated carbocycles. The van der Waals surface area contributed by atoms with E-state index < -0.39 is 0 Å². The first kappa shape index (κ1) is 12.2. The quantitative estimate of drug-likeness (QED) is 0.852. The molecule has 1 fully saturated rings. The van der Waals surface area contributed by atoms with Gasteiger partial charge in [-0.25, -0.2) is 0 Å². The first-order valence-electron chi connectivity index (χ1n) is 6.27. The summed E-state index contributed by atoms with van der Waals surface area (Å²) in [6.45, 7) is 3.34. The smallest absolute Gasteiger partial charge is 0.161 e. The Morgan fingerprint density at radius 2 is 2.06 bits per heavy atom. The van der Waals surface area contributed by atoms with Gasteiger partial charge in [0.2, 0.25) is 0 Å². The van der Waals surface area contributed by atoms with Crippen LogP contribution in [0.5, 0.6) is 11.5 Å². The summed E-state index contributed by atoms with van der Waals surface area (Å²) in [7, 11) is 1.67. The Hall–Kier alpha value is -1.22. The highest BCUT2D eigenvalue weighted by molar-refractivity contribution is 5.46. The van der Waals surface area contributed by atoms with E-state index in [-0.39, 0.29) is 5.41 Å². The Bertz CT molecular complexity index is 380. The Morgan fingerprint density at radius 1 is 1.29 bits per heavy atom. The average molecular weight is 235 g/mol. The van der Waals surface area contributed by atoms with Crippen LogP contribution in [-0.2, 0) is 5.41 Å². The van der Waals surface area contributed by atoms with Gasteiger partial charge in [-0.3, -0.25) is 0 Å². The number of methoxy groups -OCH3 is 1. The van der Waals surface area contributed by atoms with Crippen molar-refractivity contribution in [1.29, 1.82) is 0 Å². The van der Waals surface area contributed by atoms with Gasteiger partial charge in [0.25, 0.3) is 0 Å². The predicted octanol–water partition coefficient (Wildman–Crippen LogP) is 2.47. The van der Waals surface area contributed by atoms with Crippen LogP contribution in [0.2, 0.25) is 0 Å². The third-order valence-corrected chi connectivity index (χ3v) is 3.78. The van der Waals surface area contributed by atoms with Crippen LogP contribution in [0.3, 0.4) is 0 Å². The summed E-state index contributed by atoms with van der Waals surface area (Å²) in [5.74, 6) is 1.62. The second-order valence-corrected chi connectivity index (χ2v) is 4.64. The summed E-state index contributed by atoms with van der Waals surface area (Å²) in [5.41, 5.74) is 7.39. The third-order valence-electron chi connectivity index (χ3n) is 3.78. The van der Waals surface area contributed by atoms with E-state index in [1.807, 2.05) is 13.0 Å². The van der Waals surface area contributed by atoms with E-state index in [0.29, 0.717) is 13.2 Å². The topological polar surface area (TPSA) is 44.5 Å². The van der Waals surface area contributed by atoms with Crippen LogP contribution in [-0.4, -0.2) is 20.3 Å². The molecular weight excluding hydrogens is 214 g/mol. The fourth-order valence-electron chi connectivity index (χ4n) is 2.49. The molecule has 0 aromatic heterocycles. The van der Waals surface area contributed by atoms with Gasteiger partial charge in [0, 0.05) is 12.0 Å². The maximum absolute atomic E-state index is 5.92. The van der Waals surface area contributed by atoms with Crippen LogP contribution in [0.4, 0.5) is 0 Å². The van der Waals surface area contributed by atoms with Crippen molar-refractivity contribution >= 4 is 0 Å². The molecule has 0 aliphatic heterocycles. The molecule has 94 valence electrons. The van der Waals surface area contributed by atoms with Gasteiger partial charge in [-0.15, -0.1) is 0 Å². The second kappa shape index (κ2) is 4.96. The van der Waals surface area contributed by atoms with Crippen molar-refractivity contribution in [3.05, 3.63) is 23.8 Å². The van der Waals surface area contributed by atoms with Gasteiger partial charge in [0.15, 0.2) is 11.5 Å². The minimum atomic E-state index is 0.179. The SMILES string of the molecule is CCOc1cc(C2(CN)CCC2)ccc1OC. The standard InChI is InChI=1S/C14H21NO2/c1-3-17-13-9-11(5-6-12(13)16-2)14(10-15)7-4-8-14/h5-6,9H,3-4,7-8,10,15H2,1-2H3. The molecule has 0 bridgehead atoms. The summed E-state index contributed by atoms with van der Waals surface area (Å²) < 4.78 is 10.9. The summed E-state index contributed by atoms with van der Waals surface area (Å²) in [4.78, 5) is 0. The Labute approximate surface area is 103 Å². The zero-order valence-corrected chi connectivity index (χ0v) is 10.7. The van der Waals surface area contributed by atoms with Crippen molar-refractivity contribution in [3.63, 3.8) is 0 Å². The zero-order valence-electron chi connectivity index (χ0n) is 10.7. The Kier molecular flexibility index (Phi) is 3.57. The first-order chi connectivity index (χ1) is 8.25. The van der Waals surface area contributed by atoms with Crippen molar-refractivity contribution in [2.24, 2.45) is 5.73 Å². The van der Waals surface area contributed by atoms with Crippen LogP contribution in [0, 0.1) is 0 Å². The van der Waals surface area contributed by atoms with E-state index in [2.05, 4.69) is 12.1 Å². The molecule has 2 N–H and O–H groups in total. The highest BCUT2D eigenvalue weighted by Gasteiger charge is 2.37. The number of rotatable bonds is 5. The molecule has 0 atom stereocenters. The third kappa shape index (κ3) is 2.12. The number of hydrogen-bond donors (Lipinski definition) is 1. The van der Waals surface area contributed by atoms with E-state index in [1.165, 1.54) is 24.8 Å². The van der Waals surface area contributed by atoms with Crippen molar-refractivity contribution in [2.45, 2.75) is 31.6 Å². The van der Waals surface area contributed by atoms with E-state index in [1.54, 1.807) is 7.11 Å². The molecule has 0 saturated heterocycles. The molecule has 17 heavy (non-hydrogen) atoms. The fraction of sp³-hybridized carbons (Fsp3) is 0.571. The normalized spacial score (nSPS) is 17.4. The lowest BCUT2D eigenvalue weighted by molar-refractivity contribution is 0.250. The van der Waals surface area contributed by atoms with Gasteiger partial charge in [-0.2, -0.15) is 0 Å². The van der Waals surface area contributed by atoms with E-state index in [9.17, 15) is 0 Å². The lowest BCUT2D eigenvalue weighted by Crippen LogP contribution is -2.41. The molecule has 0 heterocycles. The van der Waals surface area contributed by atoms with E-state index in [4.69, 9.17) is 15.2 Å². The predicted molar refractivity (Wildman–Crippen MR) is 68.7 cm³/mol. The van der Waals surface area contributed by atoms with Gasteiger partial charge in [-0.05, 0) is 37.5 Å².